The molecule has 0 saturated carbocycles. The minimum Gasteiger partial charge on any atom is -0.481 e. The van der Waals surface area contributed by atoms with Crippen molar-refractivity contribution in [2.24, 2.45) is 11.8 Å². The van der Waals surface area contributed by atoms with E-state index in [1.165, 1.54) is 0 Å². The van der Waals surface area contributed by atoms with Crippen molar-refractivity contribution in [1.29, 1.82) is 0 Å². The number of alkyl halides is 3. The van der Waals surface area contributed by atoms with Crippen molar-refractivity contribution >= 4 is 5.97 Å². The summed E-state index contributed by atoms with van der Waals surface area (Å²) in [4.78, 5) is 12.3. The molecule has 2 N–H and O–H groups in total. The maximum Gasteiger partial charge on any atom is 0.403 e. The first-order chi connectivity index (χ1) is 8.34. The van der Waals surface area contributed by atoms with Gasteiger partial charge >= 0.3 is 12.1 Å². The molecule has 0 radical (unpaired) electrons. The molecule has 1 aliphatic rings. The van der Waals surface area contributed by atoms with Crippen molar-refractivity contribution in [3.05, 3.63) is 0 Å². The summed E-state index contributed by atoms with van der Waals surface area (Å²) in [6, 6.07) is 0. The molecule has 7 heteroatoms. The highest BCUT2D eigenvalue weighted by molar-refractivity contribution is 5.71. The van der Waals surface area contributed by atoms with Crippen molar-refractivity contribution in [3.8, 4) is 0 Å². The molecule has 0 amide bonds. The summed E-state index contributed by atoms with van der Waals surface area (Å²) in [6.07, 6.45) is -2.89. The van der Waals surface area contributed by atoms with E-state index in [2.05, 4.69) is 5.32 Å². The van der Waals surface area contributed by atoms with Crippen LogP contribution in [-0.2, 0) is 4.79 Å². The third kappa shape index (κ3) is 4.45. The molecule has 106 valence electrons. The fourth-order valence-corrected chi connectivity index (χ4v) is 2.35. The Labute approximate surface area is 104 Å². The highest BCUT2D eigenvalue weighted by Gasteiger charge is 2.46. The van der Waals surface area contributed by atoms with Crippen LogP contribution in [0.25, 0.3) is 0 Å². The third-order valence-corrected chi connectivity index (χ3v) is 3.23. The third-order valence-electron chi connectivity index (χ3n) is 3.23. The zero-order chi connectivity index (χ0) is 13.8. The summed E-state index contributed by atoms with van der Waals surface area (Å²) in [7, 11) is 1.80. The van der Waals surface area contributed by atoms with Crippen LogP contribution in [-0.4, -0.2) is 55.4 Å². The fraction of sp³-hybridized carbons (Fsp3) is 0.909. The number of carboxylic acids is 1. The van der Waals surface area contributed by atoms with E-state index in [0.717, 1.165) is 19.4 Å². The molecule has 0 aromatic heterocycles. The average molecular weight is 268 g/mol. The van der Waals surface area contributed by atoms with Crippen molar-refractivity contribution < 1.29 is 23.1 Å². The quantitative estimate of drug-likeness (QED) is 0.786. The first-order valence-electron chi connectivity index (χ1n) is 6.01. The molecule has 1 fully saturated rings. The standard InChI is InChI=1S/C11H19F3N2O2/c1-15-5-8-3-2-4-16(6-8)7-9(10(17)18)11(12,13)14/h8-9,15H,2-7H2,1H3,(H,17,18). The van der Waals surface area contributed by atoms with Crippen molar-refractivity contribution in [3.63, 3.8) is 0 Å². The molecular weight excluding hydrogens is 249 g/mol. The van der Waals surface area contributed by atoms with Gasteiger partial charge in [0.25, 0.3) is 0 Å². The number of nitrogens with one attached hydrogen (secondary N) is 1. The molecule has 1 rings (SSSR count). The lowest BCUT2D eigenvalue weighted by Crippen LogP contribution is -2.46. The molecule has 1 aliphatic heterocycles. The SMILES string of the molecule is CNCC1CCCN(CC(C(=O)O)C(F)(F)F)C1. The highest BCUT2D eigenvalue weighted by atomic mass is 19.4. The highest BCUT2D eigenvalue weighted by Crippen LogP contribution is 2.28. The maximum absolute atomic E-state index is 12.6. The van der Waals surface area contributed by atoms with Crippen LogP contribution < -0.4 is 5.32 Å². The van der Waals surface area contributed by atoms with E-state index in [0.29, 0.717) is 19.0 Å². The number of piperidine rings is 1. The van der Waals surface area contributed by atoms with Crippen LogP contribution in [0.15, 0.2) is 0 Å². The van der Waals surface area contributed by atoms with Gasteiger partial charge in [-0.05, 0) is 38.9 Å². The zero-order valence-electron chi connectivity index (χ0n) is 10.3. The molecule has 1 heterocycles. The second-order valence-electron chi connectivity index (χ2n) is 4.76. The van der Waals surface area contributed by atoms with Gasteiger partial charge in [0.2, 0.25) is 0 Å². The van der Waals surface area contributed by atoms with Crippen LogP contribution in [0.5, 0.6) is 0 Å². The molecule has 0 aliphatic carbocycles. The van der Waals surface area contributed by atoms with E-state index >= 15 is 0 Å². The Morgan fingerprint density at radius 1 is 1.56 bits per heavy atom. The van der Waals surface area contributed by atoms with Gasteiger partial charge in [0.15, 0.2) is 5.92 Å². The number of hydrogen-bond donors (Lipinski definition) is 2. The predicted molar refractivity (Wildman–Crippen MR) is 60.3 cm³/mol. The lowest BCUT2D eigenvalue weighted by atomic mass is 9.96. The molecule has 2 atom stereocenters. The number of carbonyl (C=O) groups is 1. The summed E-state index contributed by atoms with van der Waals surface area (Å²) in [5.41, 5.74) is 0. The predicted octanol–water partition coefficient (Wildman–Crippen LogP) is 1.18. The normalized spacial score (nSPS) is 23.9. The Bertz CT molecular complexity index is 282. The van der Waals surface area contributed by atoms with Gasteiger partial charge in [-0.2, -0.15) is 13.2 Å². The molecule has 0 aromatic rings. The lowest BCUT2D eigenvalue weighted by molar-refractivity contribution is -0.197. The number of rotatable bonds is 5. The minimum absolute atomic E-state index is 0.298. The van der Waals surface area contributed by atoms with Crippen LogP contribution in [0.1, 0.15) is 12.8 Å². The van der Waals surface area contributed by atoms with Crippen LogP contribution in [0.4, 0.5) is 13.2 Å². The molecule has 1 saturated heterocycles. The molecule has 0 spiro atoms. The van der Waals surface area contributed by atoms with E-state index in [1.807, 2.05) is 0 Å². The summed E-state index contributed by atoms with van der Waals surface area (Å²) in [6.45, 7) is 1.38. The smallest absolute Gasteiger partial charge is 0.403 e. The van der Waals surface area contributed by atoms with Crippen LogP contribution in [0.2, 0.25) is 0 Å². The van der Waals surface area contributed by atoms with Gasteiger partial charge in [-0.15, -0.1) is 0 Å². The molecular formula is C11H19F3N2O2. The Morgan fingerprint density at radius 3 is 2.72 bits per heavy atom. The maximum atomic E-state index is 12.6. The Hall–Kier alpha value is -0.820. The Balaban J connectivity index is 2.56. The summed E-state index contributed by atoms with van der Waals surface area (Å²) in [5, 5.41) is 11.6. The number of likely N-dealkylation sites (tertiary alicyclic amines) is 1. The number of carboxylic acid groups (broad SMARTS) is 1. The Morgan fingerprint density at radius 2 is 2.22 bits per heavy atom. The summed E-state index contributed by atoms with van der Waals surface area (Å²) >= 11 is 0. The number of halogens is 3. The zero-order valence-corrected chi connectivity index (χ0v) is 10.3. The second-order valence-corrected chi connectivity index (χ2v) is 4.76. The molecule has 4 nitrogen and oxygen atoms in total. The van der Waals surface area contributed by atoms with Crippen LogP contribution in [0, 0.1) is 11.8 Å². The van der Waals surface area contributed by atoms with Gasteiger partial charge in [-0.1, -0.05) is 0 Å². The van der Waals surface area contributed by atoms with Crippen molar-refractivity contribution in [1.82, 2.24) is 10.2 Å². The van der Waals surface area contributed by atoms with E-state index in [-0.39, 0.29) is 0 Å². The summed E-state index contributed by atoms with van der Waals surface area (Å²) < 4.78 is 37.7. The van der Waals surface area contributed by atoms with Gasteiger partial charge in [0, 0.05) is 13.1 Å². The minimum atomic E-state index is -4.68. The van der Waals surface area contributed by atoms with Gasteiger partial charge in [-0.25, -0.2) is 0 Å². The van der Waals surface area contributed by atoms with Crippen LogP contribution in [0.3, 0.4) is 0 Å². The fourth-order valence-electron chi connectivity index (χ4n) is 2.35. The molecule has 2 unspecified atom stereocenters. The van der Waals surface area contributed by atoms with Crippen LogP contribution >= 0.6 is 0 Å². The van der Waals surface area contributed by atoms with E-state index in [1.54, 1.807) is 11.9 Å². The van der Waals surface area contributed by atoms with E-state index in [4.69, 9.17) is 5.11 Å². The average Bonchev–Trinajstić information content (AvgIpc) is 2.25. The molecule has 0 bridgehead atoms. The number of aliphatic carboxylic acids is 1. The van der Waals surface area contributed by atoms with E-state index in [9.17, 15) is 18.0 Å². The largest absolute Gasteiger partial charge is 0.481 e. The topological polar surface area (TPSA) is 52.6 Å². The molecule has 18 heavy (non-hydrogen) atoms. The summed E-state index contributed by atoms with van der Waals surface area (Å²) in [5.74, 6) is -3.78. The van der Waals surface area contributed by atoms with Gasteiger partial charge < -0.3 is 15.3 Å². The van der Waals surface area contributed by atoms with Crippen molar-refractivity contribution in [2.45, 2.75) is 19.0 Å². The number of nitrogens with zero attached hydrogens (tertiary/aromatic N) is 1. The second kappa shape index (κ2) is 6.38. The molecule has 0 aromatic carbocycles. The number of hydrogen-bond acceptors (Lipinski definition) is 3. The monoisotopic (exact) mass is 268 g/mol. The lowest BCUT2D eigenvalue weighted by Gasteiger charge is -2.34. The van der Waals surface area contributed by atoms with Gasteiger partial charge in [0.1, 0.15) is 0 Å². The van der Waals surface area contributed by atoms with Gasteiger partial charge in [0.05, 0.1) is 0 Å². The van der Waals surface area contributed by atoms with Gasteiger partial charge in [-0.3, -0.25) is 4.79 Å². The first-order valence-corrected chi connectivity index (χ1v) is 6.01. The first kappa shape index (κ1) is 15.2. The Kier molecular flexibility index (Phi) is 5.40. The van der Waals surface area contributed by atoms with E-state index < -0.39 is 24.6 Å². The van der Waals surface area contributed by atoms with Crippen molar-refractivity contribution in [2.75, 3.05) is 33.2 Å².